The lowest BCUT2D eigenvalue weighted by Gasteiger charge is -2.06. The summed E-state index contributed by atoms with van der Waals surface area (Å²) in [6.07, 6.45) is 1.54. The van der Waals surface area contributed by atoms with Crippen LogP contribution in [0.5, 0.6) is 0 Å². The summed E-state index contributed by atoms with van der Waals surface area (Å²) in [7, 11) is 3.40. The second kappa shape index (κ2) is 5.07. The van der Waals surface area contributed by atoms with Gasteiger partial charge in [0.2, 0.25) is 5.91 Å². The van der Waals surface area contributed by atoms with E-state index in [-0.39, 0.29) is 5.91 Å². The number of hydrogen-bond acceptors (Lipinski definition) is 2. The highest BCUT2D eigenvalue weighted by molar-refractivity contribution is 5.94. The predicted octanol–water partition coefficient (Wildman–Crippen LogP) is 0.993. The molecule has 0 aliphatic carbocycles. The molecule has 0 saturated heterocycles. The van der Waals surface area contributed by atoms with Crippen molar-refractivity contribution in [3.8, 4) is 0 Å². The first-order valence-corrected chi connectivity index (χ1v) is 4.44. The summed E-state index contributed by atoms with van der Waals surface area (Å²) >= 11 is 0. The second-order valence-electron chi connectivity index (χ2n) is 2.79. The molecule has 0 heterocycles. The van der Waals surface area contributed by atoms with E-state index in [9.17, 15) is 4.79 Å². The first-order valence-electron chi connectivity index (χ1n) is 4.44. The van der Waals surface area contributed by atoms with Gasteiger partial charge in [-0.1, -0.05) is 30.3 Å². The molecule has 3 nitrogen and oxygen atoms in total. The van der Waals surface area contributed by atoms with Crippen molar-refractivity contribution in [2.24, 2.45) is 0 Å². The number of rotatable bonds is 3. The van der Waals surface area contributed by atoms with E-state index in [1.165, 1.54) is 6.08 Å². The van der Waals surface area contributed by atoms with Crippen LogP contribution in [0.4, 0.5) is 0 Å². The largest absolute Gasteiger partial charge is 0.387 e. The van der Waals surface area contributed by atoms with Crippen LogP contribution in [0.15, 0.2) is 36.4 Å². The molecule has 3 heteroatoms. The zero-order valence-corrected chi connectivity index (χ0v) is 8.37. The number of carbonyl (C=O) groups excluding carboxylic acids is 1. The highest BCUT2D eigenvalue weighted by Gasteiger charge is 2.00. The SMILES string of the molecule is CNC(=O)/C=C(/NC)c1ccccc1. The molecular formula is C11H14N2O. The molecule has 1 aromatic rings. The minimum Gasteiger partial charge on any atom is -0.387 e. The van der Waals surface area contributed by atoms with Crippen molar-refractivity contribution in [2.75, 3.05) is 14.1 Å². The number of likely N-dealkylation sites (N-methyl/N-ethyl adjacent to an activating group) is 1. The molecule has 0 aliphatic rings. The van der Waals surface area contributed by atoms with E-state index < -0.39 is 0 Å². The van der Waals surface area contributed by atoms with E-state index in [1.807, 2.05) is 30.3 Å². The summed E-state index contributed by atoms with van der Waals surface area (Å²) in [6.45, 7) is 0. The first kappa shape index (κ1) is 10.3. The van der Waals surface area contributed by atoms with Crippen molar-refractivity contribution in [1.82, 2.24) is 10.6 Å². The predicted molar refractivity (Wildman–Crippen MR) is 57.5 cm³/mol. The maximum Gasteiger partial charge on any atom is 0.245 e. The Balaban J connectivity index is 2.93. The van der Waals surface area contributed by atoms with Gasteiger partial charge in [0.15, 0.2) is 0 Å². The van der Waals surface area contributed by atoms with Crippen molar-refractivity contribution >= 4 is 11.6 Å². The van der Waals surface area contributed by atoms with Crippen LogP contribution < -0.4 is 10.6 Å². The monoisotopic (exact) mass is 190 g/mol. The molecule has 74 valence electrons. The number of hydrogen-bond donors (Lipinski definition) is 2. The van der Waals surface area contributed by atoms with E-state index >= 15 is 0 Å². The Morgan fingerprint density at radius 3 is 2.29 bits per heavy atom. The Bertz CT molecular complexity index is 330. The molecule has 1 amide bonds. The van der Waals surface area contributed by atoms with Crippen molar-refractivity contribution in [1.29, 1.82) is 0 Å². The summed E-state index contributed by atoms with van der Waals surface area (Å²) in [6, 6.07) is 9.71. The molecule has 0 radical (unpaired) electrons. The first-order chi connectivity index (χ1) is 6.77. The molecule has 14 heavy (non-hydrogen) atoms. The molecule has 1 rings (SSSR count). The van der Waals surface area contributed by atoms with Crippen molar-refractivity contribution in [3.05, 3.63) is 42.0 Å². The summed E-state index contributed by atoms with van der Waals surface area (Å²) < 4.78 is 0. The highest BCUT2D eigenvalue weighted by atomic mass is 16.1. The van der Waals surface area contributed by atoms with Crippen LogP contribution in [-0.2, 0) is 4.79 Å². The summed E-state index contributed by atoms with van der Waals surface area (Å²) in [5.74, 6) is -0.113. The molecule has 0 saturated carbocycles. The van der Waals surface area contributed by atoms with Gasteiger partial charge in [0.25, 0.3) is 0 Å². The quantitative estimate of drug-likeness (QED) is 0.698. The zero-order valence-electron chi connectivity index (χ0n) is 8.37. The van der Waals surface area contributed by atoms with E-state index in [2.05, 4.69) is 10.6 Å². The zero-order chi connectivity index (χ0) is 10.4. The maximum absolute atomic E-state index is 11.1. The van der Waals surface area contributed by atoms with Gasteiger partial charge in [-0.3, -0.25) is 4.79 Å². The lowest BCUT2D eigenvalue weighted by molar-refractivity contribution is -0.116. The lowest BCUT2D eigenvalue weighted by Crippen LogP contribution is -2.17. The Kier molecular flexibility index (Phi) is 3.73. The van der Waals surface area contributed by atoms with Gasteiger partial charge in [0.1, 0.15) is 0 Å². The van der Waals surface area contributed by atoms with Crippen LogP contribution >= 0.6 is 0 Å². The maximum atomic E-state index is 11.1. The number of nitrogens with one attached hydrogen (secondary N) is 2. The third-order valence-electron chi connectivity index (χ3n) is 1.88. The van der Waals surface area contributed by atoms with E-state index in [4.69, 9.17) is 0 Å². The third-order valence-corrected chi connectivity index (χ3v) is 1.88. The summed E-state index contributed by atoms with van der Waals surface area (Å²) in [5, 5.41) is 5.53. The normalized spacial score (nSPS) is 10.9. The molecule has 2 N–H and O–H groups in total. The van der Waals surface area contributed by atoms with E-state index in [1.54, 1.807) is 14.1 Å². The fraction of sp³-hybridized carbons (Fsp3) is 0.182. The molecule has 0 atom stereocenters. The third kappa shape index (κ3) is 2.62. The molecule has 0 bridgehead atoms. The smallest absolute Gasteiger partial charge is 0.245 e. The van der Waals surface area contributed by atoms with Gasteiger partial charge in [-0.25, -0.2) is 0 Å². The standard InChI is InChI=1S/C11H14N2O/c1-12-10(8-11(14)13-2)9-6-4-3-5-7-9/h3-8,12H,1-2H3,(H,13,14)/b10-8+. The Hall–Kier alpha value is -1.77. The van der Waals surface area contributed by atoms with Crippen LogP contribution in [0.2, 0.25) is 0 Å². The fourth-order valence-electron chi connectivity index (χ4n) is 1.12. The average Bonchev–Trinajstić information content (AvgIpc) is 2.26. The van der Waals surface area contributed by atoms with Crippen molar-refractivity contribution in [2.45, 2.75) is 0 Å². The minimum absolute atomic E-state index is 0.113. The van der Waals surface area contributed by atoms with Crippen LogP contribution in [-0.4, -0.2) is 20.0 Å². The van der Waals surface area contributed by atoms with Crippen LogP contribution in [0.25, 0.3) is 5.70 Å². The van der Waals surface area contributed by atoms with E-state index in [0.29, 0.717) is 0 Å². The second-order valence-corrected chi connectivity index (χ2v) is 2.79. The Labute approximate surface area is 83.8 Å². The fourth-order valence-corrected chi connectivity index (χ4v) is 1.12. The number of benzene rings is 1. The molecule has 0 spiro atoms. The molecule has 0 aromatic heterocycles. The molecular weight excluding hydrogens is 176 g/mol. The van der Waals surface area contributed by atoms with Gasteiger partial charge in [-0.15, -0.1) is 0 Å². The van der Waals surface area contributed by atoms with Crippen LogP contribution in [0, 0.1) is 0 Å². The highest BCUT2D eigenvalue weighted by Crippen LogP contribution is 2.09. The van der Waals surface area contributed by atoms with Crippen LogP contribution in [0.1, 0.15) is 5.56 Å². The van der Waals surface area contributed by atoms with E-state index in [0.717, 1.165) is 11.3 Å². The lowest BCUT2D eigenvalue weighted by atomic mass is 10.1. The minimum atomic E-state index is -0.113. The van der Waals surface area contributed by atoms with Crippen LogP contribution in [0.3, 0.4) is 0 Å². The van der Waals surface area contributed by atoms with Gasteiger partial charge in [-0.2, -0.15) is 0 Å². The summed E-state index contributed by atoms with van der Waals surface area (Å²) in [4.78, 5) is 11.1. The van der Waals surface area contributed by atoms with Gasteiger partial charge < -0.3 is 10.6 Å². The van der Waals surface area contributed by atoms with Gasteiger partial charge >= 0.3 is 0 Å². The molecule has 1 aromatic carbocycles. The molecule has 0 fully saturated rings. The number of amides is 1. The Morgan fingerprint density at radius 1 is 1.14 bits per heavy atom. The average molecular weight is 190 g/mol. The summed E-state index contributed by atoms with van der Waals surface area (Å²) in [5.41, 5.74) is 1.81. The topological polar surface area (TPSA) is 41.1 Å². The van der Waals surface area contributed by atoms with Gasteiger partial charge in [0, 0.05) is 25.9 Å². The molecule has 0 aliphatic heterocycles. The number of carbonyl (C=O) groups is 1. The molecule has 0 unspecified atom stereocenters. The van der Waals surface area contributed by atoms with Crippen molar-refractivity contribution < 1.29 is 4.79 Å². The van der Waals surface area contributed by atoms with Gasteiger partial charge in [-0.05, 0) is 5.56 Å². The Morgan fingerprint density at radius 2 is 1.79 bits per heavy atom. The van der Waals surface area contributed by atoms with Crippen molar-refractivity contribution in [3.63, 3.8) is 0 Å². The van der Waals surface area contributed by atoms with Gasteiger partial charge in [0.05, 0.1) is 0 Å².